The molecule has 0 aliphatic carbocycles. The number of carbonyl (C=O) groups is 3. The van der Waals surface area contributed by atoms with Crippen molar-refractivity contribution in [2.24, 2.45) is 11.8 Å². The molecule has 0 spiro atoms. The summed E-state index contributed by atoms with van der Waals surface area (Å²) < 4.78 is 0. The fourth-order valence-corrected chi connectivity index (χ4v) is 3.75. The molecule has 1 heterocycles. The Balaban J connectivity index is 2.46. The molecule has 0 bridgehead atoms. The van der Waals surface area contributed by atoms with Crippen LogP contribution in [0.5, 0.6) is 0 Å². The summed E-state index contributed by atoms with van der Waals surface area (Å²) in [6, 6.07) is 6.69. The Bertz CT molecular complexity index is 754. The van der Waals surface area contributed by atoms with E-state index in [4.69, 9.17) is 16.7 Å². The van der Waals surface area contributed by atoms with Crippen molar-refractivity contribution in [2.75, 3.05) is 31.6 Å². The van der Waals surface area contributed by atoms with Crippen molar-refractivity contribution in [2.45, 2.75) is 19.8 Å². The zero-order valence-corrected chi connectivity index (χ0v) is 16.7. The van der Waals surface area contributed by atoms with Gasteiger partial charge >= 0.3 is 11.9 Å². The van der Waals surface area contributed by atoms with Crippen LogP contribution in [0, 0.1) is 11.8 Å². The van der Waals surface area contributed by atoms with Gasteiger partial charge in [-0.05, 0) is 70.1 Å². The van der Waals surface area contributed by atoms with Crippen molar-refractivity contribution in [3.63, 3.8) is 0 Å². The minimum Gasteiger partial charge on any atom is -0.478 e. The maximum absolute atomic E-state index is 13.5. The lowest BCUT2D eigenvalue weighted by molar-refractivity contribution is -0.137. The van der Waals surface area contributed by atoms with E-state index in [0.717, 1.165) is 13.1 Å². The van der Waals surface area contributed by atoms with Gasteiger partial charge in [-0.2, -0.15) is 0 Å². The first-order valence-corrected chi connectivity index (χ1v) is 9.55. The number of carboxylic acids is 2. The van der Waals surface area contributed by atoms with Gasteiger partial charge in [-0.1, -0.05) is 11.6 Å². The van der Waals surface area contributed by atoms with Crippen LogP contribution in [-0.4, -0.2) is 59.6 Å². The molecule has 1 saturated heterocycles. The van der Waals surface area contributed by atoms with E-state index < -0.39 is 23.8 Å². The van der Waals surface area contributed by atoms with Crippen molar-refractivity contribution in [1.29, 1.82) is 0 Å². The molecule has 1 unspecified atom stereocenters. The molecular weight excluding hydrogens is 384 g/mol. The quantitative estimate of drug-likeness (QED) is 0.673. The fourth-order valence-electron chi connectivity index (χ4n) is 3.62. The smallest absolute Gasteiger partial charge is 0.332 e. The van der Waals surface area contributed by atoms with Crippen LogP contribution in [-0.2, 0) is 14.4 Å². The van der Waals surface area contributed by atoms with Crippen LogP contribution in [0.3, 0.4) is 0 Å². The average Bonchev–Trinajstić information content (AvgIpc) is 2.64. The van der Waals surface area contributed by atoms with Crippen molar-refractivity contribution in [3.05, 3.63) is 40.9 Å². The van der Waals surface area contributed by atoms with Crippen LogP contribution >= 0.6 is 11.6 Å². The highest BCUT2D eigenvalue weighted by atomic mass is 35.5. The van der Waals surface area contributed by atoms with E-state index in [1.54, 1.807) is 31.2 Å². The highest BCUT2D eigenvalue weighted by Gasteiger charge is 2.39. The minimum absolute atomic E-state index is 0.244. The molecule has 1 aromatic rings. The van der Waals surface area contributed by atoms with E-state index in [1.165, 1.54) is 4.90 Å². The Hall–Kier alpha value is -2.38. The first-order chi connectivity index (χ1) is 13.2. The number of hydrogen-bond acceptors (Lipinski definition) is 4. The van der Waals surface area contributed by atoms with Gasteiger partial charge in [0.15, 0.2) is 0 Å². The first kappa shape index (κ1) is 21.9. The Morgan fingerprint density at radius 1 is 1.21 bits per heavy atom. The van der Waals surface area contributed by atoms with Gasteiger partial charge in [0, 0.05) is 23.3 Å². The molecule has 0 aromatic heterocycles. The molecule has 28 heavy (non-hydrogen) atoms. The number of amides is 1. The van der Waals surface area contributed by atoms with Gasteiger partial charge in [-0.25, -0.2) is 9.59 Å². The maximum Gasteiger partial charge on any atom is 0.332 e. The van der Waals surface area contributed by atoms with Crippen LogP contribution in [0.4, 0.5) is 5.69 Å². The van der Waals surface area contributed by atoms with E-state index in [2.05, 4.69) is 4.90 Å². The molecule has 1 aliphatic rings. The molecule has 1 amide bonds. The Morgan fingerprint density at radius 2 is 1.79 bits per heavy atom. The number of carbonyl (C=O) groups excluding carboxylic acids is 1. The standard InChI is InChI=1S/C20H25ClN2O5/c1-3-23(15-6-4-14(21)5-7-15)19(26)18(13-8-10-22(2)11-9-13)16(20(27)28)12-17(24)25/h4-7,12-13,18H,3,8-11H2,1-2H3,(H,24,25)(H,27,28)/b16-12+. The molecule has 8 heteroatoms. The lowest BCUT2D eigenvalue weighted by atomic mass is 9.78. The number of piperidine rings is 1. The summed E-state index contributed by atoms with van der Waals surface area (Å²) in [5.74, 6) is -4.44. The molecule has 0 radical (unpaired) electrons. The zero-order valence-electron chi connectivity index (χ0n) is 16.0. The van der Waals surface area contributed by atoms with Crippen molar-refractivity contribution >= 4 is 35.1 Å². The van der Waals surface area contributed by atoms with Crippen LogP contribution in [0.15, 0.2) is 35.9 Å². The second-order valence-corrected chi connectivity index (χ2v) is 7.36. The summed E-state index contributed by atoms with van der Waals surface area (Å²) in [6.45, 7) is 3.56. The van der Waals surface area contributed by atoms with Gasteiger partial charge in [-0.3, -0.25) is 4.79 Å². The van der Waals surface area contributed by atoms with Crippen LogP contribution < -0.4 is 4.90 Å². The zero-order chi connectivity index (χ0) is 20.8. The third-order valence-electron chi connectivity index (χ3n) is 5.08. The largest absolute Gasteiger partial charge is 0.478 e. The molecule has 7 nitrogen and oxygen atoms in total. The molecular formula is C20H25ClN2O5. The molecule has 0 saturated carbocycles. The van der Waals surface area contributed by atoms with Gasteiger partial charge in [0.1, 0.15) is 0 Å². The number of halogens is 1. The number of aliphatic carboxylic acids is 2. The van der Waals surface area contributed by atoms with Gasteiger partial charge < -0.3 is 20.0 Å². The summed E-state index contributed by atoms with van der Waals surface area (Å²) in [4.78, 5) is 40.1. The number of carboxylic acid groups (broad SMARTS) is 2. The summed E-state index contributed by atoms with van der Waals surface area (Å²) in [7, 11) is 1.96. The predicted molar refractivity (Wildman–Crippen MR) is 107 cm³/mol. The highest BCUT2D eigenvalue weighted by Crippen LogP contribution is 2.33. The third kappa shape index (κ3) is 5.33. The highest BCUT2D eigenvalue weighted by molar-refractivity contribution is 6.30. The van der Waals surface area contributed by atoms with Gasteiger partial charge in [0.25, 0.3) is 0 Å². The Kier molecular flexibility index (Phi) is 7.60. The van der Waals surface area contributed by atoms with Gasteiger partial charge in [0.05, 0.1) is 11.5 Å². The predicted octanol–water partition coefficient (Wildman–Crippen LogP) is 2.75. The lowest BCUT2D eigenvalue weighted by Crippen LogP contribution is -2.44. The summed E-state index contributed by atoms with van der Waals surface area (Å²) in [5.41, 5.74) is 0.217. The van der Waals surface area contributed by atoms with E-state index in [0.29, 0.717) is 36.2 Å². The summed E-state index contributed by atoms with van der Waals surface area (Å²) in [5, 5.41) is 19.3. The molecule has 1 atom stereocenters. The van der Waals surface area contributed by atoms with E-state index in [1.807, 2.05) is 7.05 Å². The van der Waals surface area contributed by atoms with Crippen LogP contribution in [0.2, 0.25) is 5.02 Å². The van der Waals surface area contributed by atoms with Crippen molar-refractivity contribution in [1.82, 2.24) is 4.90 Å². The topological polar surface area (TPSA) is 98.2 Å². The van der Waals surface area contributed by atoms with E-state index in [-0.39, 0.29) is 11.5 Å². The Morgan fingerprint density at radius 3 is 2.25 bits per heavy atom. The fraction of sp³-hybridized carbons (Fsp3) is 0.450. The normalized spacial score (nSPS) is 17.2. The first-order valence-electron chi connectivity index (χ1n) is 9.17. The molecule has 2 N–H and O–H groups in total. The van der Waals surface area contributed by atoms with Gasteiger partial charge in [-0.15, -0.1) is 0 Å². The maximum atomic E-state index is 13.5. The SMILES string of the molecule is CCN(C(=O)C(/C(=C\C(=O)O)C(=O)O)C1CCN(C)CC1)c1ccc(Cl)cc1. The summed E-state index contributed by atoms with van der Waals surface area (Å²) in [6.07, 6.45) is 1.89. The molecule has 1 aromatic carbocycles. The third-order valence-corrected chi connectivity index (χ3v) is 5.33. The van der Waals surface area contributed by atoms with Crippen LogP contribution in [0.1, 0.15) is 19.8 Å². The minimum atomic E-state index is -1.38. The second kappa shape index (κ2) is 9.71. The summed E-state index contributed by atoms with van der Waals surface area (Å²) >= 11 is 5.93. The molecule has 1 fully saturated rings. The van der Waals surface area contributed by atoms with Crippen molar-refractivity contribution < 1.29 is 24.6 Å². The van der Waals surface area contributed by atoms with Gasteiger partial charge in [0.2, 0.25) is 5.91 Å². The number of nitrogens with zero attached hydrogens (tertiary/aromatic N) is 2. The number of likely N-dealkylation sites (tertiary alicyclic amines) is 1. The molecule has 2 rings (SSSR count). The monoisotopic (exact) mass is 408 g/mol. The Labute approximate surface area is 169 Å². The van der Waals surface area contributed by atoms with E-state index in [9.17, 15) is 19.5 Å². The number of benzene rings is 1. The number of anilines is 1. The average molecular weight is 409 g/mol. The molecule has 152 valence electrons. The number of hydrogen-bond donors (Lipinski definition) is 2. The van der Waals surface area contributed by atoms with Crippen molar-refractivity contribution in [3.8, 4) is 0 Å². The molecule has 1 aliphatic heterocycles. The number of rotatable bonds is 7. The second-order valence-electron chi connectivity index (χ2n) is 6.92. The lowest BCUT2D eigenvalue weighted by Gasteiger charge is -2.36. The van der Waals surface area contributed by atoms with Crippen LogP contribution in [0.25, 0.3) is 0 Å². The van der Waals surface area contributed by atoms with E-state index >= 15 is 0 Å².